The van der Waals surface area contributed by atoms with Gasteiger partial charge in [-0.1, -0.05) is 19.9 Å². The summed E-state index contributed by atoms with van der Waals surface area (Å²) in [5, 5.41) is 3.10. The van der Waals surface area contributed by atoms with E-state index in [1.807, 2.05) is 31.1 Å². The molecule has 1 N–H and O–H groups in total. The standard InChI is InChI=1S/C17H30FN3/c1-5-10-21(11-6-2)14-15-7-8-16(18)17(13-15)20(4)12-9-19-3/h7-8,13,19H,5-6,9-12,14H2,1-4H3. The van der Waals surface area contributed by atoms with Crippen LogP contribution in [0, 0.1) is 5.82 Å². The van der Waals surface area contributed by atoms with Crippen LogP contribution < -0.4 is 10.2 Å². The number of likely N-dealkylation sites (N-methyl/N-ethyl adjacent to an activating group) is 2. The molecule has 1 aromatic rings. The number of rotatable bonds is 10. The first-order valence-corrected chi connectivity index (χ1v) is 7.98. The van der Waals surface area contributed by atoms with Crippen molar-refractivity contribution in [1.29, 1.82) is 0 Å². The van der Waals surface area contributed by atoms with Gasteiger partial charge in [-0.05, 0) is 50.7 Å². The molecule has 120 valence electrons. The van der Waals surface area contributed by atoms with Crippen molar-refractivity contribution in [1.82, 2.24) is 10.2 Å². The predicted molar refractivity (Wildman–Crippen MR) is 89.5 cm³/mol. The molecule has 0 aliphatic rings. The number of anilines is 1. The number of nitrogens with one attached hydrogen (secondary N) is 1. The molecule has 1 aromatic carbocycles. The Hall–Kier alpha value is -1.13. The molecule has 0 aliphatic carbocycles. The van der Waals surface area contributed by atoms with Crippen molar-refractivity contribution < 1.29 is 4.39 Å². The minimum atomic E-state index is -0.144. The number of hydrogen-bond acceptors (Lipinski definition) is 3. The first-order valence-electron chi connectivity index (χ1n) is 7.98. The zero-order valence-corrected chi connectivity index (χ0v) is 14.0. The van der Waals surface area contributed by atoms with Gasteiger partial charge in [0.15, 0.2) is 0 Å². The van der Waals surface area contributed by atoms with Gasteiger partial charge in [0.1, 0.15) is 5.82 Å². The molecule has 0 saturated carbocycles. The van der Waals surface area contributed by atoms with Crippen molar-refractivity contribution in [2.24, 2.45) is 0 Å². The molecule has 0 spiro atoms. The summed E-state index contributed by atoms with van der Waals surface area (Å²) in [5.74, 6) is -0.144. The molecule has 0 radical (unpaired) electrons. The Balaban J connectivity index is 2.79. The van der Waals surface area contributed by atoms with Crippen LogP contribution in [0.3, 0.4) is 0 Å². The lowest BCUT2D eigenvalue weighted by molar-refractivity contribution is 0.266. The fourth-order valence-electron chi connectivity index (χ4n) is 2.51. The van der Waals surface area contributed by atoms with Gasteiger partial charge in [-0.25, -0.2) is 4.39 Å². The highest BCUT2D eigenvalue weighted by Gasteiger charge is 2.10. The van der Waals surface area contributed by atoms with E-state index in [1.54, 1.807) is 6.07 Å². The summed E-state index contributed by atoms with van der Waals surface area (Å²) in [5.41, 5.74) is 1.88. The van der Waals surface area contributed by atoms with Crippen LogP contribution in [0.2, 0.25) is 0 Å². The molecule has 0 aliphatic heterocycles. The molecule has 0 atom stereocenters. The van der Waals surface area contributed by atoms with Gasteiger partial charge in [0.2, 0.25) is 0 Å². The van der Waals surface area contributed by atoms with Crippen molar-refractivity contribution >= 4 is 5.69 Å². The summed E-state index contributed by atoms with van der Waals surface area (Å²) in [7, 11) is 3.85. The zero-order chi connectivity index (χ0) is 15.7. The van der Waals surface area contributed by atoms with Crippen molar-refractivity contribution in [3.05, 3.63) is 29.6 Å². The van der Waals surface area contributed by atoms with E-state index in [1.165, 1.54) is 5.56 Å². The number of benzene rings is 1. The van der Waals surface area contributed by atoms with Crippen molar-refractivity contribution in [2.75, 3.05) is 45.2 Å². The molecule has 0 unspecified atom stereocenters. The van der Waals surface area contributed by atoms with Crippen molar-refractivity contribution in [3.8, 4) is 0 Å². The normalized spacial score (nSPS) is 11.1. The number of nitrogens with zero attached hydrogens (tertiary/aromatic N) is 2. The summed E-state index contributed by atoms with van der Waals surface area (Å²) in [6.07, 6.45) is 2.30. The highest BCUT2D eigenvalue weighted by molar-refractivity contribution is 5.49. The summed E-state index contributed by atoms with van der Waals surface area (Å²) in [6.45, 7) is 9.12. The Morgan fingerprint density at radius 1 is 1.10 bits per heavy atom. The third kappa shape index (κ3) is 6.02. The Labute approximate surface area is 129 Å². The van der Waals surface area contributed by atoms with E-state index in [2.05, 4.69) is 24.1 Å². The SMILES string of the molecule is CCCN(CCC)Cc1ccc(F)c(N(C)CCNC)c1. The summed E-state index contributed by atoms with van der Waals surface area (Å²) in [6, 6.07) is 5.49. The van der Waals surface area contributed by atoms with Crippen molar-refractivity contribution in [3.63, 3.8) is 0 Å². The van der Waals surface area contributed by atoms with Crippen LogP contribution in [0.4, 0.5) is 10.1 Å². The molecule has 0 amide bonds. The molecule has 4 heteroatoms. The Morgan fingerprint density at radius 3 is 2.33 bits per heavy atom. The largest absolute Gasteiger partial charge is 0.371 e. The van der Waals surface area contributed by atoms with Crippen LogP contribution in [-0.2, 0) is 6.54 Å². The van der Waals surface area contributed by atoms with Gasteiger partial charge in [-0.15, -0.1) is 0 Å². The maximum atomic E-state index is 14.0. The molecular weight excluding hydrogens is 265 g/mol. The third-order valence-electron chi connectivity index (χ3n) is 3.60. The topological polar surface area (TPSA) is 18.5 Å². The maximum Gasteiger partial charge on any atom is 0.146 e. The van der Waals surface area contributed by atoms with Gasteiger partial charge in [0.25, 0.3) is 0 Å². The average molecular weight is 295 g/mol. The second-order valence-corrected chi connectivity index (χ2v) is 5.59. The van der Waals surface area contributed by atoms with E-state index in [0.29, 0.717) is 5.69 Å². The molecule has 0 saturated heterocycles. The Kier molecular flexibility index (Phi) is 8.31. The van der Waals surface area contributed by atoms with E-state index in [4.69, 9.17) is 0 Å². The molecular formula is C17H30FN3. The fraction of sp³-hybridized carbons (Fsp3) is 0.647. The molecule has 1 rings (SSSR count). The zero-order valence-electron chi connectivity index (χ0n) is 14.0. The summed E-state index contributed by atoms with van der Waals surface area (Å²) < 4.78 is 14.0. The lowest BCUT2D eigenvalue weighted by atomic mass is 10.1. The minimum absolute atomic E-state index is 0.144. The van der Waals surface area contributed by atoms with Gasteiger partial charge in [-0.3, -0.25) is 4.90 Å². The van der Waals surface area contributed by atoms with Gasteiger partial charge >= 0.3 is 0 Å². The lowest BCUT2D eigenvalue weighted by Gasteiger charge is -2.24. The van der Waals surface area contributed by atoms with E-state index < -0.39 is 0 Å². The average Bonchev–Trinajstić information content (AvgIpc) is 2.47. The summed E-state index contributed by atoms with van der Waals surface area (Å²) >= 11 is 0. The van der Waals surface area contributed by atoms with E-state index in [0.717, 1.165) is 45.6 Å². The molecule has 0 bridgehead atoms. The van der Waals surface area contributed by atoms with Crippen LogP contribution in [0.25, 0.3) is 0 Å². The highest BCUT2D eigenvalue weighted by atomic mass is 19.1. The molecule has 21 heavy (non-hydrogen) atoms. The third-order valence-corrected chi connectivity index (χ3v) is 3.60. The Bertz CT molecular complexity index is 403. The van der Waals surface area contributed by atoms with E-state index in [9.17, 15) is 4.39 Å². The van der Waals surface area contributed by atoms with Crippen LogP contribution in [0.15, 0.2) is 18.2 Å². The van der Waals surface area contributed by atoms with Gasteiger partial charge in [0, 0.05) is 26.7 Å². The molecule has 3 nitrogen and oxygen atoms in total. The number of hydrogen-bond donors (Lipinski definition) is 1. The fourth-order valence-corrected chi connectivity index (χ4v) is 2.51. The number of halogens is 1. The summed E-state index contributed by atoms with van der Waals surface area (Å²) in [4.78, 5) is 4.41. The highest BCUT2D eigenvalue weighted by Crippen LogP contribution is 2.20. The quantitative estimate of drug-likeness (QED) is 0.715. The van der Waals surface area contributed by atoms with Crippen LogP contribution in [0.5, 0.6) is 0 Å². The molecule has 0 aromatic heterocycles. The second kappa shape index (κ2) is 9.74. The van der Waals surface area contributed by atoms with Gasteiger partial charge in [0.05, 0.1) is 5.69 Å². The van der Waals surface area contributed by atoms with Crippen LogP contribution >= 0.6 is 0 Å². The molecule has 0 fully saturated rings. The van der Waals surface area contributed by atoms with E-state index in [-0.39, 0.29) is 5.82 Å². The van der Waals surface area contributed by atoms with Gasteiger partial charge < -0.3 is 10.2 Å². The first kappa shape index (κ1) is 17.9. The second-order valence-electron chi connectivity index (χ2n) is 5.59. The van der Waals surface area contributed by atoms with E-state index >= 15 is 0 Å². The molecule has 0 heterocycles. The maximum absolute atomic E-state index is 14.0. The van der Waals surface area contributed by atoms with Crippen LogP contribution in [0.1, 0.15) is 32.3 Å². The Morgan fingerprint density at radius 2 is 1.76 bits per heavy atom. The van der Waals surface area contributed by atoms with Gasteiger partial charge in [-0.2, -0.15) is 0 Å². The monoisotopic (exact) mass is 295 g/mol. The minimum Gasteiger partial charge on any atom is -0.371 e. The predicted octanol–water partition coefficient (Wildman–Crippen LogP) is 3.10. The smallest absolute Gasteiger partial charge is 0.146 e. The lowest BCUT2D eigenvalue weighted by Crippen LogP contribution is -2.28. The van der Waals surface area contributed by atoms with Crippen LogP contribution in [-0.4, -0.2) is 45.2 Å². The van der Waals surface area contributed by atoms with Crippen molar-refractivity contribution in [2.45, 2.75) is 33.2 Å². The first-order chi connectivity index (χ1) is 10.1.